The lowest BCUT2D eigenvalue weighted by Crippen LogP contribution is -2.46. The van der Waals surface area contributed by atoms with Gasteiger partial charge in [0.25, 0.3) is 0 Å². The van der Waals surface area contributed by atoms with Gasteiger partial charge in [-0.1, -0.05) is 30.3 Å². The summed E-state index contributed by atoms with van der Waals surface area (Å²) in [5.74, 6) is -1.18. The summed E-state index contributed by atoms with van der Waals surface area (Å²) >= 11 is 0. The van der Waals surface area contributed by atoms with Gasteiger partial charge >= 0.3 is 12.1 Å². The molecule has 0 saturated heterocycles. The average molecular weight is 327 g/mol. The van der Waals surface area contributed by atoms with E-state index >= 15 is 0 Å². The van der Waals surface area contributed by atoms with Gasteiger partial charge in [0.15, 0.2) is 0 Å². The number of aliphatic carboxylic acids is 1. The van der Waals surface area contributed by atoms with Gasteiger partial charge in [-0.15, -0.1) is 0 Å². The lowest BCUT2D eigenvalue weighted by molar-refractivity contribution is -0.138. The number of rotatable bonds is 6. The van der Waals surface area contributed by atoms with Crippen LogP contribution in [0.4, 0.5) is 4.79 Å². The predicted molar refractivity (Wildman–Crippen MR) is 83.9 cm³/mol. The summed E-state index contributed by atoms with van der Waals surface area (Å²) in [5, 5.41) is 11.4. The van der Waals surface area contributed by atoms with Gasteiger partial charge in [-0.25, -0.2) is 9.59 Å². The second-order valence-electron chi connectivity index (χ2n) is 5.77. The number of carbonyl (C=O) groups excluding carboxylic acids is 1. The van der Waals surface area contributed by atoms with E-state index in [0.717, 1.165) is 5.56 Å². The molecule has 0 aliphatic rings. The molecule has 0 aliphatic carbocycles. The van der Waals surface area contributed by atoms with Crippen LogP contribution in [0.3, 0.4) is 0 Å². The highest BCUT2D eigenvalue weighted by Gasteiger charge is 2.25. The molecule has 0 aromatic heterocycles. The first-order valence-electron chi connectivity index (χ1n) is 6.78. The van der Waals surface area contributed by atoms with Crippen molar-refractivity contribution in [3.63, 3.8) is 0 Å². The first-order valence-corrected chi connectivity index (χ1v) is 8.27. The summed E-state index contributed by atoms with van der Waals surface area (Å²) < 4.78 is 17.1. The van der Waals surface area contributed by atoms with Gasteiger partial charge in [0.05, 0.1) is 5.75 Å². The zero-order valence-electron chi connectivity index (χ0n) is 12.9. The second-order valence-corrected chi connectivity index (χ2v) is 7.28. The monoisotopic (exact) mass is 327 g/mol. The molecule has 0 aliphatic heterocycles. The Morgan fingerprint density at radius 3 is 2.36 bits per heavy atom. The van der Waals surface area contributed by atoms with Crippen LogP contribution in [0.25, 0.3) is 0 Å². The van der Waals surface area contributed by atoms with E-state index in [1.165, 1.54) is 0 Å². The van der Waals surface area contributed by atoms with Crippen LogP contribution >= 0.6 is 0 Å². The maximum Gasteiger partial charge on any atom is 0.408 e. The van der Waals surface area contributed by atoms with E-state index in [-0.39, 0.29) is 11.5 Å². The minimum Gasteiger partial charge on any atom is -0.480 e. The van der Waals surface area contributed by atoms with Crippen LogP contribution in [0.2, 0.25) is 0 Å². The van der Waals surface area contributed by atoms with E-state index in [2.05, 4.69) is 5.32 Å². The van der Waals surface area contributed by atoms with E-state index in [4.69, 9.17) is 9.84 Å². The molecule has 1 unspecified atom stereocenters. The van der Waals surface area contributed by atoms with Crippen molar-refractivity contribution >= 4 is 22.9 Å². The van der Waals surface area contributed by atoms with Crippen LogP contribution in [-0.2, 0) is 26.1 Å². The molecule has 1 amide bonds. The van der Waals surface area contributed by atoms with Crippen LogP contribution in [0.1, 0.15) is 26.3 Å². The number of carboxylic acid groups (broad SMARTS) is 1. The van der Waals surface area contributed by atoms with Crippen LogP contribution in [-0.4, -0.2) is 38.8 Å². The summed E-state index contributed by atoms with van der Waals surface area (Å²) in [6.45, 7) is 5.03. The molecule has 7 heteroatoms. The van der Waals surface area contributed by atoms with Gasteiger partial charge in [-0.05, 0) is 26.3 Å². The highest BCUT2D eigenvalue weighted by molar-refractivity contribution is 7.84. The van der Waals surface area contributed by atoms with Crippen molar-refractivity contribution in [2.24, 2.45) is 0 Å². The fourth-order valence-corrected chi connectivity index (χ4v) is 2.91. The standard InChI is InChI=1S/C15H21NO5S/c1-15(2,3)21-14(19)16-12(13(17)18)10-22(20)9-11-7-5-4-6-8-11/h4-8,12H,9-10H2,1-3H3,(H,16,19)(H,17,18)/t12-,22?/m0/s1. The summed E-state index contributed by atoms with van der Waals surface area (Å²) in [7, 11) is -1.41. The van der Waals surface area contributed by atoms with Crippen LogP contribution < -0.4 is 5.32 Å². The number of carbonyl (C=O) groups is 2. The van der Waals surface area contributed by atoms with Crippen molar-refractivity contribution in [2.45, 2.75) is 38.2 Å². The third-order valence-electron chi connectivity index (χ3n) is 2.51. The predicted octanol–water partition coefficient (Wildman–Crippen LogP) is 1.91. The molecule has 22 heavy (non-hydrogen) atoms. The van der Waals surface area contributed by atoms with Crippen LogP contribution in [0.15, 0.2) is 30.3 Å². The molecule has 2 atom stereocenters. The third-order valence-corrected chi connectivity index (χ3v) is 3.87. The molecule has 6 nitrogen and oxygen atoms in total. The highest BCUT2D eigenvalue weighted by atomic mass is 32.2. The molecule has 0 radical (unpaired) electrons. The molecule has 0 bridgehead atoms. The van der Waals surface area contributed by atoms with E-state index in [1.807, 2.05) is 30.3 Å². The molecule has 1 aromatic rings. The largest absolute Gasteiger partial charge is 0.480 e. The zero-order chi connectivity index (χ0) is 16.8. The molecule has 122 valence electrons. The normalized spacial score (nSPS) is 14.0. The van der Waals surface area contributed by atoms with E-state index in [1.54, 1.807) is 20.8 Å². The van der Waals surface area contributed by atoms with E-state index < -0.39 is 34.5 Å². The maximum atomic E-state index is 12.0. The number of amides is 1. The van der Waals surface area contributed by atoms with Gasteiger partial charge in [0.1, 0.15) is 11.6 Å². The Balaban J connectivity index is 2.59. The topological polar surface area (TPSA) is 92.7 Å². The zero-order valence-corrected chi connectivity index (χ0v) is 13.7. The van der Waals surface area contributed by atoms with Crippen LogP contribution in [0, 0.1) is 0 Å². The minimum absolute atomic E-state index is 0.177. The average Bonchev–Trinajstić information content (AvgIpc) is 2.36. The molecular formula is C15H21NO5S. The van der Waals surface area contributed by atoms with E-state index in [9.17, 15) is 13.8 Å². The fraction of sp³-hybridized carbons (Fsp3) is 0.467. The SMILES string of the molecule is CC(C)(C)OC(=O)N[C@@H](CS(=O)Cc1ccccc1)C(=O)O. The highest BCUT2D eigenvalue weighted by Crippen LogP contribution is 2.08. The van der Waals surface area contributed by atoms with Gasteiger partial charge in [0.2, 0.25) is 0 Å². The summed E-state index contributed by atoms with van der Waals surface area (Å²) in [5.41, 5.74) is 0.123. The quantitative estimate of drug-likeness (QED) is 0.832. The smallest absolute Gasteiger partial charge is 0.408 e. The number of ether oxygens (including phenoxy) is 1. The Kier molecular flexibility index (Phi) is 6.55. The van der Waals surface area contributed by atoms with Gasteiger partial charge in [-0.2, -0.15) is 0 Å². The lowest BCUT2D eigenvalue weighted by Gasteiger charge is -2.21. The first kappa shape index (κ1) is 18.2. The second kappa shape index (κ2) is 7.93. The number of benzene rings is 1. The number of hydrogen-bond donors (Lipinski definition) is 2. The summed E-state index contributed by atoms with van der Waals surface area (Å²) in [6.07, 6.45) is -0.836. The maximum absolute atomic E-state index is 12.0. The van der Waals surface area contributed by atoms with Crippen molar-refractivity contribution in [3.8, 4) is 0 Å². The van der Waals surface area contributed by atoms with Crippen molar-refractivity contribution in [2.75, 3.05) is 5.75 Å². The fourth-order valence-electron chi connectivity index (χ4n) is 1.63. The van der Waals surface area contributed by atoms with Crippen molar-refractivity contribution in [1.82, 2.24) is 5.32 Å². The molecule has 1 aromatic carbocycles. The molecule has 0 fully saturated rings. The van der Waals surface area contributed by atoms with Gasteiger partial charge < -0.3 is 15.2 Å². The van der Waals surface area contributed by atoms with E-state index in [0.29, 0.717) is 0 Å². The number of alkyl carbamates (subject to hydrolysis) is 1. The van der Waals surface area contributed by atoms with Crippen molar-refractivity contribution in [3.05, 3.63) is 35.9 Å². The lowest BCUT2D eigenvalue weighted by atomic mass is 10.2. The van der Waals surface area contributed by atoms with Crippen molar-refractivity contribution < 1.29 is 23.6 Å². The first-order chi connectivity index (χ1) is 10.2. The third kappa shape index (κ3) is 7.21. The number of hydrogen-bond acceptors (Lipinski definition) is 4. The Bertz CT molecular complexity index is 539. The molecule has 0 spiro atoms. The molecule has 0 heterocycles. The Hall–Kier alpha value is -1.89. The van der Waals surface area contributed by atoms with Crippen molar-refractivity contribution in [1.29, 1.82) is 0 Å². The Labute approximate surface area is 132 Å². The summed E-state index contributed by atoms with van der Waals surface area (Å²) in [6, 6.07) is 7.86. The molecule has 2 N–H and O–H groups in total. The number of carboxylic acids is 1. The summed E-state index contributed by atoms with van der Waals surface area (Å²) in [4.78, 5) is 22.8. The molecule has 1 rings (SSSR count). The van der Waals surface area contributed by atoms with Gasteiger partial charge in [0, 0.05) is 16.6 Å². The van der Waals surface area contributed by atoms with Gasteiger partial charge in [-0.3, -0.25) is 4.21 Å². The molecule has 0 saturated carbocycles. The Morgan fingerprint density at radius 2 is 1.86 bits per heavy atom. The van der Waals surface area contributed by atoms with Crippen LogP contribution in [0.5, 0.6) is 0 Å². The Morgan fingerprint density at radius 1 is 1.27 bits per heavy atom. The minimum atomic E-state index is -1.41. The number of nitrogens with one attached hydrogen (secondary N) is 1. The molecular weight excluding hydrogens is 306 g/mol.